The Kier molecular flexibility index (Phi) is 7.22. The molecule has 3 N–H and O–H groups in total. The lowest BCUT2D eigenvalue weighted by molar-refractivity contribution is -0.137. The van der Waals surface area contributed by atoms with Crippen molar-refractivity contribution >= 4 is 16.2 Å². The zero-order chi connectivity index (χ0) is 12.6. The third kappa shape index (κ3) is 6.72. The van der Waals surface area contributed by atoms with Crippen molar-refractivity contribution in [2.75, 3.05) is 26.7 Å². The lowest BCUT2D eigenvalue weighted by Crippen LogP contribution is -2.39. The number of rotatable bonds is 9. The standard InChI is InChI=1S/C8H18N2O5S/c1-10(6-4-8(12)13)16(14,15)9-5-2-3-7-11/h9,11H,2-7H2,1H3,(H,12,13). The van der Waals surface area contributed by atoms with Gasteiger partial charge in [0, 0.05) is 26.7 Å². The molecule has 8 heteroatoms. The summed E-state index contributed by atoms with van der Waals surface area (Å²) in [6.45, 7) is 0.196. The van der Waals surface area contributed by atoms with Crippen molar-refractivity contribution in [2.45, 2.75) is 19.3 Å². The van der Waals surface area contributed by atoms with Gasteiger partial charge in [-0.1, -0.05) is 0 Å². The van der Waals surface area contributed by atoms with Crippen LogP contribution in [-0.4, -0.2) is 55.6 Å². The lowest BCUT2D eigenvalue weighted by Gasteiger charge is -2.16. The van der Waals surface area contributed by atoms with Gasteiger partial charge in [-0.25, -0.2) is 4.72 Å². The largest absolute Gasteiger partial charge is 0.481 e. The van der Waals surface area contributed by atoms with Crippen LogP contribution in [0.4, 0.5) is 0 Å². The van der Waals surface area contributed by atoms with E-state index in [0.29, 0.717) is 12.8 Å². The normalized spacial score (nSPS) is 11.9. The summed E-state index contributed by atoms with van der Waals surface area (Å²) in [6, 6.07) is 0. The van der Waals surface area contributed by atoms with E-state index in [9.17, 15) is 13.2 Å². The molecule has 0 rings (SSSR count). The SMILES string of the molecule is CN(CCC(=O)O)S(=O)(=O)NCCCCO. The van der Waals surface area contributed by atoms with Crippen molar-refractivity contribution in [1.29, 1.82) is 0 Å². The zero-order valence-electron chi connectivity index (χ0n) is 9.22. The number of hydrogen-bond acceptors (Lipinski definition) is 4. The Morgan fingerprint density at radius 3 is 2.50 bits per heavy atom. The van der Waals surface area contributed by atoms with Gasteiger partial charge in [-0.3, -0.25) is 4.79 Å². The first-order valence-corrected chi connectivity index (χ1v) is 6.37. The number of carboxylic acids is 1. The second-order valence-electron chi connectivity index (χ2n) is 3.30. The molecular weight excluding hydrogens is 236 g/mol. The fourth-order valence-electron chi connectivity index (χ4n) is 0.921. The highest BCUT2D eigenvalue weighted by Gasteiger charge is 2.17. The molecule has 7 nitrogen and oxygen atoms in total. The van der Waals surface area contributed by atoms with Crippen molar-refractivity contribution in [2.24, 2.45) is 0 Å². The van der Waals surface area contributed by atoms with Gasteiger partial charge < -0.3 is 10.2 Å². The Balaban J connectivity index is 3.96. The number of aliphatic carboxylic acids is 1. The van der Waals surface area contributed by atoms with E-state index in [1.54, 1.807) is 0 Å². The van der Waals surface area contributed by atoms with E-state index in [1.807, 2.05) is 0 Å². The van der Waals surface area contributed by atoms with Crippen molar-refractivity contribution in [1.82, 2.24) is 9.03 Å². The molecule has 0 spiro atoms. The zero-order valence-corrected chi connectivity index (χ0v) is 10.0. The minimum atomic E-state index is -3.60. The van der Waals surface area contributed by atoms with E-state index in [0.717, 1.165) is 4.31 Å². The maximum Gasteiger partial charge on any atom is 0.304 e. The maximum atomic E-state index is 11.5. The molecule has 0 aromatic rings. The van der Waals surface area contributed by atoms with Crippen LogP contribution < -0.4 is 4.72 Å². The predicted molar refractivity (Wildman–Crippen MR) is 58.1 cm³/mol. The highest BCUT2D eigenvalue weighted by molar-refractivity contribution is 7.87. The molecule has 96 valence electrons. The Labute approximate surface area is 95.2 Å². The van der Waals surface area contributed by atoms with Gasteiger partial charge in [-0.2, -0.15) is 12.7 Å². The molecule has 0 saturated carbocycles. The molecule has 0 amide bonds. The number of aliphatic hydroxyl groups excluding tert-OH is 1. The molecule has 0 atom stereocenters. The summed E-state index contributed by atoms with van der Waals surface area (Å²) in [4.78, 5) is 10.3. The topological polar surface area (TPSA) is 107 Å². The minimum absolute atomic E-state index is 0.0244. The Bertz CT molecular complexity index is 304. The van der Waals surface area contributed by atoms with Gasteiger partial charge in [0.25, 0.3) is 10.2 Å². The molecule has 0 aliphatic heterocycles. The first-order chi connectivity index (χ1) is 7.40. The van der Waals surface area contributed by atoms with Gasteiger partial charge in [-0.05, 0) is 12.8 Å². The van der Waals surface area contributed by atoms with Gasteiger partial charge in [0.05, 0.1) is 6.42 Å². The van der Waals surface area contributed by atoms with Crippen molar-refractivity contribution in [3.8, 4) is 0 Å². The molecule has 16 heavy (non-hydrogen) atoms. The van der Waals surface area contributed by atoms with Crippen molar-refractivity contribution < 1.29 is 23.4 Å². The monoisotopic (exact) mass is 254 g/mol. The van der Waals surface area contributed by atoms with Crippen LogP contribution in [0.3, 0.4) is 0 Å². The van der Waals surface area contributed by atoms with E-state index < -0.39 is 16.2 Å². The van der Waals surface area contributed by atoms with Crippen LogP contribution in [0.5, 0.6) is 0 Å². The van der Waals surface area contributed by atoms with E-state index >= 15 is 0 Å². The molecule has 0 aliphatic rings. The molecule has 0 aromatic carbocycles. The van der Waals surface area contributed by atoms with Gasteiger partial charge >= 0.3 is 5.97 Å². The molecule has 0 unspecified atom stereocenters. The van der Waals surface area contributed by atoms with E-state index in [4.69, 9.17) is 10.2 Å². The van der Waals surface area contributed by atoms with Crippen LogP contribution in [0, 0.1) is 0 Å². The molecule has 0 heterocycles. The van der Waals surface area contributed by atoms with Crippen molar-refractivity contribution in [3.05, 3.63) is 0 Å². The first kappa shape index (κ1) is 15.3. The number of nitrogens with zero attached hydrogens (tertiary/aromatic N) is 1. The van der Waals surface area contributed by atoms with Crippen LogP contribution in [-0.2, 0) is 15.0 Å². The average Bonchev–Trinajstić information content (AvgIpc) is 2.20. The molecule has 0 aromatic heterocycles. The van der Waals surface area contributed by atoms with E-state index in [-0.39, 0.29) is 26.1 Å². The molecule has 0 radical (unpaired) electrons. The van der Waals surface area contributed by atoms with Crippen LogP contribution in [0.25, 0.3) is 0 Å². The van der Waals surface area contributed by atoms with Crippen LogP contribution in [0.15, 0.2) is 0 Å². The number of unbranched alkanes of at least 4 members (excludes halogenated alkanes) is 1. The summed E-state index contributed by atoms with van der Waals surface area (Å²) in [6.07, 6.45) is 0.845. The summed E-state index contributed by atoms with van der Waals surface area (Å²) < 4.78 is 26.2. The number of nitrogens with one attached hydrogen (secondary N) is 1. The maximum absolute atomic E-state index is 11.5. The van der Waals surface area contributed by atoms with Crippen LogP contribution >= 0.6 is 0 Å². The molecular formula is C8H18N2O5S. The fourth-order valence-corrected chi connectivity index (χ4v) is 1.88. The quantitative estimate of drug-likeness (QED) is 0.457. The van der Waals surface area contributed by atoms with Gasteiger partial charge in [-0.15, -0.1) is 0 Å². The summed E-state index contributed by atoms with van der Waals surface area (Å²) in [5, 5.41) is 16.9. The van der Waals surface area contributed by atoms with E-state index in [1.165, 1.54) is 7.05 Å². The van der Waals surface area contributed by atoms with Crippen LogP contribution in [0.1, 0.15) is 19.3 Å². The second-order valence-corrected chi connectivity index (χ2v) is 5.16. The molecule has 0 fully saturated rings. The Morgan fingerprint density at radius 2 is 2.00 bits per heavy atom. The number of aliphatic hydroxyl groups is 1. The number of hydrogen-bond donors (Lipinski definition) is 3. The van der Waals surface area contributed by atoms with Crippen LogP contribution in [0.2, 0.25) is 0 Å². The summed E-state index contributed by atoms with van der Waals surface area (Å²) >= 11 is 0. The number of carbonyl (C=O) groups is 1. The Morgan fingerprint density at radius 1 is 1.38 bits per heavy atom. The highest BCUT2D eigenvalue weighted by Crippen LogP contribution is 1.96. The van der Waals surface area contributed by atoms with E-state index in [2.05, 4.69) is 4.72 Å². The third-order valence-corrected chi connectivity index (χ3v) is 3.49. The Hall–Kier alpha value is -0.700. The van der Waals surface area contributed by atoms with Gasteiger partial charge in [0.15, 0.2) is 0 Å². The fraction of sp³-hybridized carbons (Fsp3) is 0.875. The summed E-state index contributed by atoms with van der Waals surface area (Å²) in [5.74, 6) is -1.04. The van der Waals surface area contributed by atoms with Crippen molar-refractivity contribution in [3.63, 3.8) is 0 Å². The van der Waals surface area contributed by atoms with Gasteiger partial charge in [0.1, 0.15) is 0 Å². The highest BCUT2D eigenvalue weighted by atomic mass is 32.2. The lowest BCUT2D eigenvalue weighted by atomic mass is 10.3. The summed E-state index contributed by atoms with van der Waals surface area (Å²) in [7, 11) is -2.28. The minimum Gasteiger partial charge on any atom is -0.481 e. The molecule has 0 aliphatic carbocycles. The molecule has 0 bridgehead atoms. The third-order valence-electron chi connectivity index (χ3n) is 1.92. The average molecular weight is 254 g/mol. The second kappa shape index (κ2) is 7.55. The first-order valence-electron chi connectivity index (χ1n) is 4.93. The van der Waals surface area contributed by atoms with Gasteiger partial charge in [0.2, 0.25) is 0 Å². The molecule has 0 saturated heterocycles. The summed E-state index contributed by atoms with van der Waals surface area (Å²) in [5.41, 5.74) is 0. The predicted octanol–water partition coefficient (Wildman–Crippen LogP) is -1.00. The smallest absolute Gasteiger partial charge is 0.304 e. The number of carboxylic acid groups (broad SMARTS) is 1.